The number of carbonyl (C=O) groups excluding carboxylic acids is 1. The van der Waals surface area contributed by atoms with E-state index in [1.807, 2.05) is 53.4 Å². The molecule has 2 N–H and O–H groups in total. The van der Waals surface area contributed by atoms with Gasteiger partial charge in [0, 0.05) is 31.6 Å². The number of ether oxygens (including phenoxy) is 2. The number of hydrogen-bond donors (Lipinski definition) is 2. The van der Waals surface area contributed by atoms with Crippen molar-refractivity contribution in [2.24, 2.45) is 0 Å². The lowest BCUT2D eigenvalue weighted by Crippen LogP contribution is -2.47. The summed E-state index contributed by atoms with van der Waals surface area (Å²) in [7, 11) is 3.17. The van der Waals surface area contributed by atoms with Crippen molar-refractivity contribution in [2.75, 3.05) is 27.3 Å². The second-order valence-corrected chi connectivity index (χ2v) is 10.4. The number of benzene rings is 4. The van der Waals surface area contributed by atoms with Crippen LogP contribution >= 0.6 is 0 Å². The molecule has 9 heteroatoms. The van der Waals surface area contributed by atoms with Crippen molar-refractivity contribution >= 4 is 22.6 Å². The Hall–Kier alpha value is -4.50. The molecular formula is C33H32F2N2O5. The smallest absolute Gasteiger partial charge is 0.326 e. The van der Waals surface area contributed by atoms with E-state index in [-0.39, 0.29) is 12.0 Å². The molecule has 1 amide bonds. The van der Waals surface area contributed by atoms with Crippen molar-refractivity contribution in [1.82, 2.24) is 10.2 Å². The van der Waals surface area contributed by atoms with Crippen LogP contribution in [-0.2, 0) is 17.8 Å². The van der Waals surface area contributed by atoms with E-state index < -0.39 is 29.9 Å². The molecule has 1 heterocycles. The van der Waals surface area contributed by atoms with Crippen molar-refractivity contribution in [3.63, 3.8) is 0 Å². The number of nitrogens with one attached hydrogen (secondary N) is 1. The monoisotopic (exact) mass is 574 g/mol. The maximum atomic E-state index is 14.4. The minimum atomic E-state index is -1.30. The molecule has 1 atom stereocenters. The van der Waals surface area contributed by atoms with Crippen LogP contribution in [0.15, 0.2) is 66.7 Å². The van der Waals surface area contributed by atoms with Crippen LogP contribution in [0, 0.1) is 12.7 Å². The molecule has 42 heavy (non-hydrogen) atoms. The van der Waals surface area contributed by atoms with Gasteiger partial charge in [0.25, 0.3) is 5.91 Å². The van der Waals surface area contributed by atoms with Crippen molar-refractivity contribution in [1.29, 1.82) is 0 Å². The Morgan fingerprint density at radius 2 is 1.69 bits per heavy atom. The molecule has 0 saturated carbocycles. The van der Waals surface area contributed by atoms with E-state index in [2.05, 4.69) is 5.32 Å². The first kappa shape index (κ1) is 29.0. The number of carboxylic acids is 1. The third-order valence-electron chi connectivity index (χ3n) is 7.69. The van der Waals surface area contributed by atoms with Crippen LogP contribution < -0.4 is 14.8 Å². The fraction of sp³-hybridized carbons (Fsp3) is 0.273. The number of alkyl halides is 1. The van der Waals surface area contributed by atoms with Gasteiger partial charge in [-0.25, -0.2) is 13.6 Å². The number of aliphatic carboxylic acids is 1. The number of hydrogen-bond acceptors (Lipinski definition) is 5. The second kappa shape index (κ2) is 12.2. The summed E-state index contributed by atoms with van der Waals surface area (Å²) in [6, 6.07) is 18.0. The lowest BCUT2D eigenvalue weighted by atomic mass is 9.91. The first-order chi connectivity index (χ1) is 20.2. The molecule has 1 fully saturated rings. The second-order valence-electron chi connectivity index (χ2n) is 10.4. The van der Waals surface area contributed by atoms with E-state index in [9.17, 15) is 23.5 Å². The van der Waals surface area contributed by atoms with Crippen LogP contribution in [0.2, 0.25) is 0 Å². The third kappa shape index (κ3) is 5.65. The average molecular weight is 575 g/mol. The van der Waals surface area contributed by atoms with Crippen molar-refractivity contribution < 1.29 is 33.0 Å². The van der Waals surface area contributed by atoms with Gasteiger partial charge in [0.2, 0.25) is 0 Å². The van der Waals surface area contributed by atoms with Gasteiger partial charge in [-0.15, -0.1) is 0 Å². The first-order valence-corrected chi connectivity index (χ1v) is 13.6. The number of fused-ring (bicyclic) bond motifs is 1. The van der Waals surface area contributed by atoms with Crippen LogP contribution in [-0.4, -0.2) is 61.4 Å². The fourth-order valence-electron chi connectivity index (χ4n) is 5.61. The van der Waals surface area contributed by atoms with Crippen molar-refractivity contribution in [3.05, 3.63) is 94.8 Å². The van der Waals surface area contributed by atoms with Crippen molar-refractivity contribution in [2.45, 2.75) is 32.1 Å². The molecule has 0 aromatic heterocycles. The Morgan fingerprint density at radius 3 is 2.36 bits per heavy atom. The Bertz CT molecular complexity index is 1630. The molecule has 218 valence electrons. The quantitative estimate of drug-likeness (QED) is 0.258. The van der Waals surface area contributed by atoms with E-state index >= 15 is 0 Å². The van der Waals surface area contributed by atoms with Crippen LogP contribution in [0.25, 0.3) is 21.9 Å². The van der Waals surface area contributed by atoms with Crippen LogP contribution in [0.1, 0.15) is 27.0 Å². The third-order valence-corrected chi connectivity index (χ3v) is 7.69. The predicted octanol–water partition coefficient (Wildman–Crippen LogP) is 5.55. The van der Waals surface area contributed by atoms with E-state index in [0.717, 1.165) is 27.5 Å². The summed E-state index contributed by atoms with van der Waals surface area (Å²) in [5.74, 6) is -1.52. The van der Waals surface area contributed by atoms with Gasteiger partial charge in [0.15, 0.2) is 0 Å². The fourth-order valence-corrected chi connectivity index (χ4v) is 5.61. The van der Waals surface area contributed by atoms with Gasteiger partial charge in [-0.3, -0.25) is 9.69 Å². The summed E-state index contributed by atoms with van der Waals surface area (Å²) >= 11 is 0. The summed E-state index contributed by atoms with van der Waals surface area (Å²) < 4.78 is 39.5. The Balaban J connectivity index is 1.53. The Morgan fingerprint density at radius 1 is 0.976 bits per heavy atom. The number of carboxylic acid groups (broad SMARTS) is 1. The van der Waals surface area contributed by atoms with Crippen LogP contribution in [0.5, 0.6) is 11.5 Å². The summed E-state index contributed by atoms with van der Waals surface area (Å²) in [6.07, 6.45) is -0.844. The highest BCUT2D eigenvalue weighted by Crippen LogP contribution is 2.44. The molecule has 0 radical (unpaired) electrons. The summed E-state index contributed by atoms with van der Waals surface area (Å²) in [5, 5.41) is 14.1. The minimum Gasteiger partial charge on any atom is -0.496 e. The van der Waals surface area contributed by atoms with Gasteiger partial charge in [-0.05, 0) is 46.5 Å². The molecule has 7 nitrogen and oxygen atoms in total. The number of halogens is 2. The van der Waals surface area contributed by atoms with Gasteiger partial charge in [0.05, 0.1) is 25.3 Å². The van der Waals surface area contributed by atoms with Crippen LogP contribution in [0.3, 0.4) is 0 Å². The Labute approximate surface area is 242 Å². The van der Waals surface area contributed by atoms with Gasteiger partial charge in [0.1, 0.15) is 29.5 Å². The lowest BCUT2D eigenvalue weighted by molar-refractivity contribution is -0.139. The normalized spacial score (nSPS) is 14.3. The predicted molar refractivity (Wildman–Crippen MR) is 156 cm³/mol. The van der Waals surface area contributed by atoms with E-state index in [4.69, 9.17) is 9.47 Å². The average Bonchev–Trinajstić information content (AvgIpc) is 2.95. The number of carbonyl (C=O) groups is 2. The molecule has 1 aliphatic heterocycles. The molecule has 0 spiro atoms. The molecule has 5 rings (SSSR count). The van der Waals surface area contributed by atoms with Gasteiger partial charge < -0.3 is 19.9 Å². The van der Waals surface area contributed by atoms with E-state index in [1.165, 1.54) is 12.1 Å². The highest BCUT2D eigenvalue weighted by Gasteiger charge is 2.29. The zero-order valence-electron chi connectivity index (χ0n) is 23.6. The standard InChI is InChI=1S/C33H32F2N2O5/c1-19-7-4-12-26(35)29(19)32(38)36-27(33(39)40)15-20-8-5-10-24-23(20)9-6-11-25(24)30-28(41-2)14-13-21(31(30)42-3)16-37-17-22(34)18-37/h4-14,22,27H,15-18H2,1-3H3,(H,36,38)(H,39,40)/t27-/m0/s1. The molecule has 1 aliphatic rings. The highest BCUT2D eigenvalue weighted by atomic mass is 19.1. The molecule has 1 saturated heterocycles. The number of nitrogens with zero attached hydrogens (tertiary/aromatic N) is 1. The molecule has 0 unspecified atom stereocenters. The molecular weight excluding hydrogens is 542 g/mol. The number of amides is 1. The van der Waals surface area contributed by atoms with E-state index in [1.54, 1.807) is 27.2 Å². The zero-order chi connectivity index (χ0) is 30.0. The number of aryl methyl sites for hydroxylation is 1. The SMILES string of the molecule is COc1ccc(CN2CC(F)C2)c(OC)c1-c1cccc2c(C[C@H](NC(=O)c3c(C)cccc3F)C(=O)O)cccc12. The maximum absolute atomic E-state index is 14.4. The van der Waals surface area contributed by atoms with Gasteiger partial charge in [-0.1, -0.05) is 54.6 Å². The molecule has 4 aromatic carbocycles. The van der Waals surface area contributed by atoms with Gasteiger partial charge >= 0.3 is 5.97 Å². The largest absolute Gasteiger partial charge is 0.496 e. The lowest BCUT2D eigenvalue weighted by Gasteiger charge is -2.34. The first-order valence-electron chi connectivity index (χ1n) is 13.6. The Kier molecular flexibility index (Phi) is 8.40. The highest BCUT2D eigenvalue weighted by molar-refractivity contribution is 6.02. The molecule has 0 aliphatic carbocycles. The van der Waals surface area contributed by atoms with Gasteiger partial charge in [-0.2, -0.15) is 0 Å². The molecule has 0 bridgehead atoms. The van der Waals surface area contributed by atoms with Crippen LogP contribution in [0.4, 0.5) is 8.78 Å². The number of methoxy groups -OCH3 is 2. The summed E-state index contributed by atoms with van der Waals surface area (Å²) in [4.78, 5) is 27.2. The summed E-state index contributed by atoms with van der Waals surface area (Å²) in [6.45, 7) is 2.87. The maximum Gasteiger partial charge on any atom is 0.326 e. The van der Waals surface area contributed by atoms with E-state index in [0.29, 0.717) is 42.3 Å². The minimum absolute atomic E-state index is 0.0248. The summed E-state index contributed by atoms with van der Waals surface area (Å²) in [5.41, 5.74) is 3.37. The number of rotatable bonds is 10. The zero-order valence-corrected chi connectivity index (χ0v) is 23.6. The molecule has 4 aromatic rings. The van der Waals surface area contributed by atoms with Crippen molar-refractivity contribution in [3.8, 4) is 22.6 Å². The number of likely N-dealkylation sites (tertiary alicyclic amines) is 1. The topological polar surface area (TPSA) is 88.1 Å².